The van der Waals surface area contributed by atoms with Crippen LogP contribution >= 0.6 is 11.3 Å². The minimum atomic E-state index is -0.411. The van der Waals surface area contributed by atoms with Crippen LogP contribution in [0.15, 0.2) is 11.4 Å². The maximum Gasteiger partial charge on any atom is 0.262 e. The minimum Gasteiger partial charge on any atom is -0.394 e. The first-order chi connectivity index (χ1) is 8.71. The molecule has 4 nitrogen and oxygen atoms in total. The third-order valence-electron chi connectivity index (χ3n) is 3.49. The Bertz CT molecular complexity index is 410. The van der Waals surface area contributed by atoms with Gasteiger partial charge in [-0.2, -0.15) is 0 Å². The van der Waals surface area contributed by atoms with Gasteiger partial charge in [-0.25, -0.2) is 0 Å². The van der Waals surface area contributed by atoms with E-state index >= 15 is 0 Å². The van der Waals surface area contributed by atoms with Crippen molar-refractivity contribution in [2.24, 2.45) is 0 Å². The third kappa shape index (κ3) is 2.74. The number of carbonyl (C=O) groups excluding carboxylic acids is 1. The van der Waals surface area contributed by atoms with E-state index in [4.69, 9.17) is 4.74 Å². The molecule has 0 bridgehead atoms. The van der Waals surface area contributed by atoms with Crippen molar-refractivity contribution in [2.75, 3.05) is 13.7 Å². The second kappa shape index (κ2) is 5.82. The van der Waals surface area contributed by atoms with E-state index in [0.29, 0.717) is 11.5 Å². The molecule has 1 heterocycles. The van der Waals surface area contributed by atoms with Gasteiger partial charge >= 0.3 is 0 Å². The van der Waals surface area contributed by atoms with Gasteiger partial charge in [-0.1, -0.05) is 12.8 Å². The van der Waals surface area contributed by atoms with Gasteiger partial charge in [0.15, 0.2) is 0 Å². The van der Waals surface area contributed by atoms with Gasteiger partial charge < -0.3 is 15.2 Å². The molecule has 1 amide bonds. The molecule has 0 atom stereocenters. The Labute approximate surface area is 111 Å². The van der Waals surface area contributed by atoms with E-state index in [2.05, 4.69) is 5.32 Å². The molecule has 18 heavy (non-hydrogen) atoms. The van der Waals surface area contributed by atoms with Crippen LogP contribution in [0.3, 0.4) is 0 Å². The molecule has 0 aliphatic heterocycles. The van der Waals surface area contributed by atoms with E-state index in [9.17, 15) is 9.90 Å². The number of aliphatic hydroxyl groups is 1. The molecule has 0 unspecified atom stereocenters. The third-order valence-corrected chi connectivity index (χ3v) is 4.45. The fraction of sp³-hybridized carbons (Fsp3) is 0.615. The van der Waals surface area contributed by atoms with Crippen molar-refractivity contribution in [3.05, 3.63) is 21.9 Å². The molecule has 2 N–H and O–H groups in total. The average molecular weight is 269 g/mol. The molecule has 1 fully saturated rings. The summed E-state index contributed by atoms with van der Waals surface area (Å²) in [5.41, 5.74) is 0.497. The van der Waals surface area contributed by atoms with Crippen molar-refractivity contribution < 1.29 is 14.6 Å². The largest absolute Gasteiger partial charge is 0.394 e. The molecule has 1 aliphatic carbocycles. The summed E-state index contributed by atoms with van der Waals surface area (Å²) in [7, 11) is 1.62. The lowest BCUT2D eigenvalue weighted by Gasteiger charge is -2.27. The van der Waals surface area contributed by atoms with Crippen LogP contribution in [-0.2, 0) is 11.3 Å². The Morgan fingerprint density at radius 2 is 2.28 bits per heavy atom. The van der Waals surface area contributed by atoms with Gasteiger partial charge in [-0.15, -0.1) is 11.3 Å². The smallest absolute Gasteiger partial charge is 0.262 e. The summed E-state index contributed by atoms with van der Waals surface area (Å²) in [4.78, 5) is 12.9. The Morgan fingerprint density at radius 1 is 1.56 bits per heavy atom. The average Bonchev–Trinajstić information content (AvgIpc) is 2.99. The Kier molecular flexibility index (Phi) is 4.37. The highest BCUT2D eigenvalue weighted by atomic mass is 32.1. The highest BCUT2D eigenvalue weighted by Gasteiger charge is 2.35. The first kappa shape index (κ1) is 13.5. The van der Waals surface area contributed by atoms with Gasteiger partial charge in [0, 0.05) is 12.7 Å². The summed E-state index contributed by atoms with van der Waals surface area (Å²) in [6.07, 6.45) is 3.85. The lowest BCUT2D eigenvalue weighted by molar-refractivity contribution is 0.0838. The number of aliphatic hydroxyl groups excluding tert-OH is 1. The first-order valence-corrected chi connectivity index (χ1v) is 7.07. The summed E-state index contributed by atoms with van der Waals surface area (Å²) in [5.74, 6) is -0.0898. The maximum absolute atomic E-state index is 12.3. The number of hydrogen-bond donors (Lipinski definition) is 2. The summed E-state index contributed by atoms with van der Waals surface area (Å²) in [5, 5.41) is 14.4. The van der Waals surface area contributed by atoms with Crippen LogP contribution in [0.2, 0.25) is 0 Å². The number of amides is 1. The van der Waals surface area contributed by atoms with Gasteiger partial charge in [0.05, 0.1) is 23.6 Å². The van der Waals surface area contributed by atoms with Gasteiger partial charge in [0.1, 0.15) is 0 Å². The van der Waals surface area contributed by atoms with Crippen molar-refractivity contribution in [3.8, 4) is 0 Å². The van der Waals surface area contributed by atoms with E-state index in [0.717, 1.165) is 31.2 Å². The Balaban J connectivity index is 2.09. The molecule has 1 aromatic rings. The molecule has 0 saturated heterocycles. The molecule has 5 heteroatoms. The van der Waals surface area contributed by atoms with Crippen LogP contribution in [0.5, 0.6) is 0 Å². The molecular weight excluding hydrogens is 250 g/mol. The summed E-state index contributed by atoms with van der Waals surface area (Å²) < 4.78 is 5.08. The Hall–Kier alpha value is -0.910. The van der Waals surface area contributed by atoms with Crippen molar-refractivity contribution in [3.63, 3.8) is 0 Å². The minimum absolute atomic E-state index is 0.0176. The summed E-state index contributed by atoms with van der Waals surface area (Å²) >= 11 is 1.42. The predicted octanol–water partition coefficient (Wildman–Crippen LogP) is 1.93. The molecule has 100 valence electrons. The van der Waals surface area contributed by atoms with E-state index in [1.807, 2.05) is 11.4 Å². The topological polar surface area (TPSA) is 58.6 Å². The van der Waals surface area contributed by atoms with Crippen molar-refractivity contribution in [1.82, 2.24) is 5.32 Å². The van der Waals surface area contributed by atoms with Crippen LogP contribution in [0.25, 0.3) is 0 Å². The van der Waals surface area contributed by atoms with Gasteiger partial charge in [0.25, 0.3) is 5.91 Å². The first-order valence-electron chi connectivity index (χ1n) is 6.19. The zero-order valence-electron chi connectivity index (χ0n) is 10.6. The van der Waals surface area contributed by atoms with E-state index in [-0.39, 0.29) is 12.5 Å². The molecule has 0 spiro atoms. The number of hydrogen-bond acceptors (Lipinski definition) is 4. The standard InChI is InChI=1S/C13H19NO3S/c1-17-8-10-4-7-18-11(10)12(16)14-13(9-15)5-2-3-6-13/h4,7,15H,2-3,5-6,8-9H2,1H3,(H,14,16). The lowest BCUT2D eigenvalue weighted by atomic mass is 9.98. The second-order valence-electron chi connectivity index (χ2n) is 4.81. The number of methoxy groups -OCH3 is 1. The van der Waals surface area contributed by atoms with E-state index in [1.54, 1.807) is 7.11 Å². The molecular formula is C13H19NO3S. The van der Waals surface area contributed by atoms with Crippen molar-refractivity contribution >= 4 is 17.2 Å². The molecule has 0 radical (unpaired) electrons. The van der Waals surface area contributed by atoms with Crippen LogP contribution in [0.1, 0.15) is 40.9 Å². The summed E-state index contributed by atoms with van der Waals surface area (Å²) in [6, 6.07) is 1.91. The number of nitrogens with one attached hydrogen (secondary N) is 1. The van der Waals surface area contributed by atoms with Gasteiger partial charge in [-0.05, 0) is 24.3 Å². The highest BCUT2D eigenvalue weighted by molar-refractivity contribution is 7.12. The van der Waals surface area contributed by atoms with Gasteiger partial charge in [-0.3, -0.25) is 4.79 Å². The molecule has 2 rings (SSSR count). The fourth-order valence-corrected chi connectivity index (χ4v) is 3.28. The normalized spacial score (nSPS) is 17.9. The zero-order chi connectivity index (χ0) is 13.0. The quantitative estimate of drug-likeness (QED) is 0.858. The maximum atomic E-state index is 12.3. The molecule has 1 saturated carbocycles. The van der Waals surface area contributed by atoms with Crippen molar-refractivity contribution in [2.45, 2.75) is 37.8 Å². The SMILES string of the molecule is COCc1ccsc1C(=O)NC1(CO)CCCC1. The van der Waals surface area contributed by atoms with Crippen LogP contribution in [-0.4, -0.2) is 30.3 Å². The Morgan fingerprint density at radius 3 is 2.89 bits per heavy atom. The second-order valence-corrected chi connectivity index (χ2v) is 5.72. The number of rotatable bonds is 5. The number of thiophene rings is 1. The van der Waals surface area contributed by atoms with Crippen LogP contribution < -0.4 is 5.32 Å². The zero-order valence-corrected chi connectivity index (χ0v) is 11.4. The molecule has 0 aromatic carbocycles. The number of ether oxygens (including phenoxy) is 1. The van der Waals surface area contributed by atoms with Gasteiger partial charge in [0.2, 0.25) is 0 Å². The lowest BCUT2D eigenvalue weighted by Crippen LogP contribution is -2.49. The van der Waals surface area contributed by atoms with Crippen molar-refractivity contribution in [1.29, 1.82) is 0 Å². The predicted molar refractivity (Wildman–Crippen MR) is 70.8 cm³/mol. The monoisotopic (exact) mass is 269 g/mol. The fourth-order valence-electron chi connectivity index (χ4n) is 2.48. The molecule has 1 aromatic heterocycles. The van der Waals surface area contributed by atoms with E-state index < -0.39 is 5.54 Å². The van der Waals surface area contributed by atoms with Crippen LogP contribution in [0, 0.1) is 0 Å². The number of carbonyl (C=O) groups is 1. The summed E-state index contributed by atoms with van der Waals surface area (Å²) in [6.45, 7) is 0.460. The molecule has 1 aliphatic rings. The highest BCUT2D eigenvalue weighted by Crippen LogP contribution is 2.30. The van der Waals surface area contributed by atoms with E-state index in [1.165, 1.54) is 11.3 Å². The van der Waals surface area contributed by atoms with Crippen LogP contribution in [0.4, 0.5) is 0 Å².